The van der Waals surface area contributed by atoms with E-state index in [0.717, 1.165) is 14.9 Å². The number of hydrogen-bond donors (Lipinski definition) is 0. The molecule has 0 saturated carbocycles. The normalized spacial score (nSPS) is 15.3. The van der Waals surface area contributed by atoms with Crippen molar-refractivity contribution in [3.63, 3.8) is 0 Å². The number of halogens is 1. The smallest absolute Gasteiger partial charge is 0.294 e. The van der Waals surface area contributed by atoms with Crippen LogP contribution in [0.3, 0.4) is 0 Å². The summed E-state index contributed by atoms with van der Waals surface area (Å²) in [7, 11) is 0. The Hall–Kier alpha value is -2.60. The summed E-state index contributed by atoms with van der Waals surface area (Å²) in [5.41, 5.74) is 1.17. The van der Waals surface area contributed by atoms with Crippen LogP contribution >= 0.6 is 15.9 Å². The zero-order chi connectivity index (χ0) is 16.4. The van der Waals surface area contributed by atoms with Gasteiger partial charge in [-0.25, -0.2) is 0 Å². The average molecular weight is 373 g/mol. The molecule has 3 rings (SSSR count). The summed E-state index contributed by atoms with van der Waals surface area (Å²) in [6.07, 6.45) is 1.57. The lowest BCUT2D eigenvalue weighted by Gasteiger charge is -2.30. The Morgan fingerprint density at radius 2 is 2.00 bits per heavy atom. The molecule has 0 saturated heterocycles. The molecule has 5 nitrogen and oxygen atoms in total. The van der Waals surface area contributed by atoms with Gasteiger partial charge in [-0.05, 0) is 35.9 Å². The SMILES string of the molecule is O=C([O-])CN1C(=O)C(=Cc2cccc(Br)c2)Oc2ccccc21. The molecule has 1 heterocycles. The van der Waals surface area contributed by atoms with Crippen molar-refractivity contribution in [1.29, 1.82) is 0 Å². The third kappa shape index (κ3) is 3.27. The molecule has 0 aliphatic carbocycles. The highest BCUT2D eigenvalue weighted by Gasteiger charge is 2.30. The first-order valence-electron chi connectivity index (χ1n) is 6.80. The number of aliphatic carboxylic acids is 1. The van der Waals surface area contributed by atoms with E-state index < -0.39 is 18.4 Å². The predicted molar refractivity (Wildman–Crippen MR) is 86.5 cm³/mol. The Morgan fingerprint density at radius 1 is 1.22 bits per heavy atom. The topological polar surface area (TPSA) is 69.7 Å². The number of para-hydroxylation sites is 2. The van der Waals surface area contributed by atoms with Crippen LogP contribution in [-0.2, 0) is 9.59 Å². The van der Waals surface area contributed by atoms with Crippen molar-refractivity contribution in [2.45, 2.75) is 0 Å². The summed E-state index contributed by atoms with van der Waals surface area (Å²) in [5.74, 6) is -1.37. The standard InChI is InChI=1S/C17H12BrNO4/c18-12-5-3-4-11(8-12)9-15-17(22)19(10-16(20)21)13-6-1-2-7-14(13)23-15/h1-9H,10H2,(H,20,21)/p-1. The maximum absolute atomic E-state index is 12.5. The second kappa shape index (κ2) is 6.26. The molecule has 1 aliphatic rings. The number of nitrogens with zero attached hydrogens (tertiary/aromatic N) is 1. The Morgan fingerprint density at radius 3 is 2.74 bits per heavy atom. The lowest BCUT2D eigenvalue weighted by Crippen LogP contribution is -2.44. The number of hydrogen-bond acceptors (Lipinski definition) is 4. The zero-order valence-electron chi connectivity index (χ0n) is 11.9. The largest absolute Gasteiger partial charge is 0.548 e. The fraction of sp³-hybridized carbons (Fsp3) is 0.0588. The van der Waals surface area contributed by atoms with E-state index in [1.807, 2.05) is 24.3 Å². The number of rotatable bonds is 3. The molecule has 0 atom stereocenters. The van der Waals surface area contributed by atoms with E-state index in [9.17, 15) is 14.7 Å². The Balaban J connectivity index is 2.04. The van der Waals surface area contributed by atoms with Gasteiger partial charge in [0.25, 0.3) is 5.91 Å². The molecule has 6 heteroatoms. The van der Waals surface area contributed by atoms with Crippen LogP contribution in [0.4, 0.5) is 5.69 Å². The number of benzene rings is 2. The maximum atomic E-state index is 12.5. The van der Waals surface area contributed by atoms with E-state index in [2.05, 4.69) is 15.9 Å². The second-order valence-electron chi connectivity index (χ2n) is 4.90. The molecule has 0 radical (unpaired) electrons. The van der Waals surface area contributed by atoms with Crippen LogP contribution in [0.2, 0.25) is 0 Å². The Kier molecular flexibility index (Phi) is 4.16. The van der Waals surface area contributed by atoms with E-state index in [1.165, 1.54) is 0 Å². The maximum Gasteiger partial charge on any atom is 0.294 e. The van der Waals surface area contributed by atoms with Gasteiger partial charge in [0.1, 0.15) is 0 Å². The van der Waals surface area contributed by atoms with Gasteiger partial charge in [-0.1, -0.05) is 40.2 Å². The van der Waals surface area contributed by atoms with E-state index in [1.54, 1.807) is 30.3 Å². The van der Waals surface area contributed by atoms with Gasteiger partial charge in [-0.15, -0.1) is 0 Å². The van der Waals surface area contributed by atoms with Gasteiger partial charge in [0.15, 0.2) is 11.5 Å². The molecule has 1 amide bonds. The van der Waals surface area contributed by atoms with E-state index in [0.29, 0.717) is 11.4 Å². The minimum Gasteiger partial charge on any atom is -0.548 e. The minimum absolute atomic E-state index is 0.0584. The number of carbonyl (C=O) groups excluding carboxylic acids is 2. The van der Waals surface area contributed by atoms with Gasteiger partial charge in [-0.3, -0.25) is 9.69 Å². The van der Waals surface area contributed by atoms with Gasteiger partial charge < -0.3 is 14.6 Å². The van der Waals surface area contributed by atoms with Gasteiger partial charge >= 0.3 is 0 Å². The van der Waals surface area contributed by atoms with Crippen LogP contribution in [-0.4, -0.2) is 18.4 Å². The number of carbonyl (C=O) groups is 2. The van der Waals surface area contributed by atoms with Crippen molar-refractivity contribution < 1.29 is 19.4 Å². The third-order valence-electron chi connectivity index (χ3n) is 3.27. The Bertz CT molecular complexity index is 816. The predicted octanol–water partition coefficient (Wildman–Crippen LogP) is 1.97. The molecule has 23 heavy (non-hydrogen) atoms. The van der Waals surface area contributed by atoms with E-state index in [4.69, 9.17) is 4.74 Å². The van der Waals surface area contributed by atoms with Crippen LogP contribution in [0.25, 0.3) is 6.08 Å². The number of fused-ring (bicyclic) bond motifs is 1. The van der Waals surface area contributed by atoms with Gasteiger partial charge in [-0.2, -0.15) is 0 Å². The Labute approximate surface area is 140 Å². The van der Waals surface area contributed by atoms with Crippen molar-refractivity contribution in [2.24, 2.45) is 0 Å². The molecular weight excluding hydrogens is 362 g/mol. The number of ether oxygens (including phenoxy) is 1. The van der Waals surface area contributed by atoms with Gasteiger partial charge in [0, 0.05) is 4.47 Å². The first kappa shape index (κ1) is 15.3. The number of anilines is 1. The number of amides is 1. The highest BCUT2D eigenvalue weighted by atomic mass is 79.9. The molecule has 0 spiro atoms. The van der Waals surface area contributed by atoms with Crippen molar-refractivity contribution >= 4 is 39.6 Å². The van der Waals surface area contributed by atoms with E-state index in [-0.39, 0.29) is 5.76 Å². The summed E-state index contributed by atoms with van der Waals surface area (Å²) in [4.78, 5) is 24.6. The molecule has 2 aromatic carbocycles. The third-order valence-corrected chi connectivity index (χ3v) is 3.76. The second-order valence-corrected chi connectivity index (χ2v) is 5.81. The van der Waals surface area contributed by atoms with Gasteiger partial charge in [0.2, 0.25) is 0 Å². The molecule has 0 N–H and O–H groups in total. The lowest BCUT2D eigenvalue weighted by molar-refractivity contribution is -0.303. The number of carboxylic acids is 1. The fourth-order valence-corrected chi connectivity index (χ4v) is 2.71. The van der Waals surface area contributed by atoms with Crippen LogP contribution in [0.5, 0.6) is 5.75 Å². The monoisotopic (exact) mass is 372 g/mol. The minimum atomic E-state index is -1.34. The molecule has 116 valence electrons. The molecule has 0 fully saturated rings. The van der Waals surface area contributed by atoms with E-state index >= 15 is 0 Å². The van der Waals surface area contributed by atoms with Crippen molar-refractivity contribution in [3.05, 3.63) is 64.3 Å². The first-order chi connectivity index (χ1) is 11.0. The van der Waals surface area contributed by atoms with Crippen molar-refractivity contribution in [3.8, 4) is 5.75 Å². The highest BCUT2D eigenvalue weighted by molar-refractivity contribution is 9.10. The molecule has 0 unspecified atom stereocenters. The molecule has 1 aliphatic heterocycles. The summed E-state index contributed by atoms with van der Waals surface area (Å²) in [6, 6.07) is 14.1. The summed E-state index contributed by atoms with van der Waals surface area (Å²) in [5, 5.41) is 11.0. The van der Waals surface area contributed by atoms with Crippen LogP contribution in [0, 0.1) is 0 Å². The highest BCUT2D eigenvalue weighted by Crippen LogP contribution is 2.35. The molecule has 0 aromatic heterocycles. The zero-order valence-corrected chi connectivity index (χ0v) is 13.4. The van der Waals surface area contributed by atoms with Crippen molar-refractivity contribution in [2.75, 3.05) is 11.4 Å². The lowest BCUT2D eigenvalue weighted by atomic mass is 10.1. The molecular formula is C17H11BrNO4-. The fourth-order valence-electron chi connectivity index (χ4n) is 2.30. The van der Waals surface area contributed by atoms with Crippen LogP contribution < -0.4 is 14.7 Å². The quantitative estimate of drug-likeness (QED) is 0.772. The summed E-state index contributed by atoms with van der Waals surface area (Å²) < 4.78 is 6.50. The van der Waals surface area contributed by atoms with Crippen molar-refractivity contribution in [1.82, 2.24) is 0 Å². The van der Waals surface area contributed by atoms with Gasteiger partial charge in [0.05, 0.1) is 18.2 Å². The first-order valence-corrected chi connectivity index (χ1v) is 7.60. The average Bonchev–Trinajstić information content (AvgIpc) is 2.51. The van der Waals surface area contributed by atoms with Crippen LogP contribution in [0.1, 0.15) is 5.56 Å². The van der Waals surface area contributed by atoms with Crippen LogP contribution in [0.15, 0.2) is 58.8 Å². The number of carboxylic acid groups (broad SMARTS) is 1. The molecule has 0 bridgehead atoms. The summed E-state index contributed by atoms with van der Waals surface area (Å²) in [6.45, 7) is -0.533. The molecule has 2 aromatic rings. The summed E-state index contributed by atoms with van der Waals surface area (Å²) >= 11 is 3.36.